The van der Waals surface area contributed by atoms with Gasteiger partial charge in [-0.15, -0.1) is 0 Å². The molecule has 1 aliphatic heterocycles. The van der Waals surface area contributed by atoms with Crippen molar-refractivity contribution in [3.05, 3.63) is 12.3 Å². The summed E-state index contributed by atoms with van der Waals surface area (Å²) in [5.41, 5.74) is 0.355. The van der Waals surface area contributed by atoms with E-state index < -0.39 is 0 Å². The Bertz CT molecular complexity index is 383. The van der Waals surface area contributed by atoms with Crippen molar-refractivity contribution < 1.29 is 19.7 Å². The molecule has 1 atom stereocenters. The van der Waals surface area contributed by atoms with Crippen LogP contribution in [0.2, 0.25) is 0 Å². The summed E-state index contributed by atoms with van der Waals surface area (Å²) in [6.45, 7) is 9.56. The minimum atomic E-state index is -0.385. The Morgan fingerprint density at radius 2 is 1.96 bits per heavy atom. The van der Waals surface area contributed by atoms with Crippen LogP contribution in [0.4, 0.5) is 0 Å². The van der Waals surface area contributed by atoms with Gasteiger partial charge in [0.05, 0.1) is 25.6 Å². The van der Waals surface area contributed by atoms with Gasteiger partial charge in [0.15, 0.2) is 5.79 Å². The first-order chi connectivity index (χ1) is 10.9. The molecule has 2 fully saturated rings. The summed E-state index contributed by atoms with van der Waals surface area (Å²) in [4.78, 5) is 2.07. The molecule has 5 nitrogen and oxygen atoms in total. The minimum absolute atomic E-state index is 0.0415. The summed E-state index contributed by atoms with van der Waals surface area (Å²) >= 11 is 0. The number of aliphatic hydroxyl groups excluding tert-OH is 2. The highest BCUT2D eigenvalue weighted by molar-refractivity contribution is 4.90. The number of ether oxygens (including phenoxy) is 2. The van der Waals surface area contributed by atoms with Crippen LogP contribution in [0.3, 0.4) is 0 Å². The van der Waals surface area contributed by atoms with Gasteiger partial charge in [-0.1, -0.05) is 20.8 Å². The van der Waals surface area contributed by atoms with Crippen molar-refractivity contribution in [2.24, 2.45) is 11.3 Å². The van der Waals surface area contributed by atoms with Gasteiger partial charge in [-0.2, -0.15) is 0 Å². The van der Waals surface area contributed by atoms with Crippen LogP contribution in [0.5, 0.6) is 0 Å². The number of nitrogens with zero attached hydrogens (tertiary/aromatic N) is 1. The van der Waals surface area contributed by atoms with Crippen LogP contribution in [-0.2, 0) is 9.47 Å². The smallest absolute Gasteiger partial charge is 0.168 e. The predicted octanol–water partition coefficient (Wildman–Crippen LogP) is 2.70. The van der Waals surface area contributed by atoms with Crippen LogP contribution in [-0.4, -0.2) is 59.9 Å². The molecule has 23 heavy (non-hydrogen) atoms. The summed E-state index contributed by atoms with van der Waals surface area (Å²) in [5.74, 6) is 0.351. The van der Waals surface area contributed by atoms with Gasteiger partial charge in [0, 0.05) is 32.5 Å². The lowest BCUT2D eigenvalue weighted by molar-refractivity contribution is -0.197. The summed E-state index contributed by atoms with van der Waals surface area (Å²) < 4.78 is 12.3. The Kier molecular flexibility index (Phi) is 6.48. The van der Waals surface area contributed by atoms with Gasteiger partial charge in [-0.05, 0) is 30.3 Å². The Morgan fingerprint density at radius 1 is 1.26 bits per heavy atom. The molecule has 2 aliphatic rings. The number of hydrogen-bond acceptors (Lipinski definition) is 5. The zero-order chi connectivity index (χ0) is 16.9. The zero-order valence-electron chi connectivity index (χ0n) is 14.8. The van der Waals surface area contributed by atoms with Crippen molar-refractivity contribution in [3.63, 3.8) is 0 Å². The van der Waals surface area contributed by atoms with E-state index in [-0.39, 0.29) is 18.5 Å². The normalized spacial score (nSPS) is 32.4. The quantitative estimate of drug-likeness (QED) is 0.735. The molecule has 1 heterocycles. The van der Waals surface area contributed by atoms with Crippen molar-refractivity contribution in [1.29, 1.82) is 0 Å². The second-order valence-electron chi connectivity index (χ2n) is 7.97. The summed E-state index contributed by atoms with van der Waals surface area (Å²) in [6.07, 6.45) is 7.03. The van der Waals surface area contributed by atoms with Gasteiger partial charge in [0.25, 0.3) is 0 Å². The molecule has 1 saturated heterocycles. The monoisotopic (exact) mass is 327 g/mol. The summed E-state index contributed by atoms with van der Waals surface area (Å²) in [7, 11) is 0. The van der Waals surface area contributed by atoms with Crippen LogP contribution in [0.1, 0.15) is 46.5 Å². The SMILES string of the molecule is CC(C)(C)C1CCC2(CC1)OCC(CN(C/C=C/O)CCO)O2. The second kappa shape index (κ2) is 7.97. The van der Waals surface area contributed by atoms with Crippen molar-refractivity contribution in [3.8, 4) is 0 Å². The lowest BCUT2D eigenvalue weighted by Crippen LogP contribution is -2.40. The van der Waals surface area contributed by atoms with Crippen LogP contribution in [0, 0.1) is 11.3 Å². The van der Waals surface area contributed by atoms with E-state index in [0.717, 1.165) is 44.4 Å². The first kappa shape index (κ1) is 18.7. The predicted molar refractivity (Wildman–Crippen MR) is 90.3 cm³/mol. The van der Waals surface area contributed by atoms with E-state index >= 15 is 0 Å². The standard InChI is InChI=1S/C18H33NO4/c1-17(2,3)15-5-7-18(8-6-15)22-14-16(23-18)13-19(10-12-21)9-4-11-20/h4,11,15-16,20-21H,5-10,12-14H2,1-3H3/b11-4+. The van der Waals surface area contributed by atoms with Crippen LogP contribution >= 0.6 is 0 Å². The number of hydrogen-bond donors (Lipinski definition) is 2. The first-order valence-corrected chi connectivity index (χ1v) is 8.83. The lowest BCUT2D eigenvalue weighted by Gasteiger charge is -2.41. The highest BCUT2D eigenvalue weighted by Crippen LogP contribution is 2.45. The van der Waals surface area contributed by atoms with Crippen molar-refractivity contribution >= 4 is 0 Å². The van der Waals surface area contributed by atoms with E-state index in [0.29, 0.717) is 25.1 Å². The minimum Gasteiger partial charge on any atom is -0.516 e. The van der Waals surface area contributed by atoms with Crippen molar-refractivity contribution in [2.75, 3.05) is 32.8 Å². The maximum Gasteiger partial charge on any atom is 0.168 e. The molecule has 1 aliphatic carbocycles. The maximum atomic E-state index is 9.16. The molecule has 0 aromatic rings. The average Bonchev–Trinajstić information content (AvgIpc) is 2.87. The van der Waals surface area contributed by atoms with Gasteiger partial charge in [0.1, 0.15) is 0 Å². The molecule has 0 radical (unpaired) electrons. The Labute approximate surface area is 140 Å². The fourth-order valence-electron chi connectivity index (χ4n) is 3.78. The molecule has 134 valence electrons. The fourth-order valence-corrected chi connectivity index (χ4v) is 3.78. The van der Waals surface area contributed by atoms with E-state index in [9.17, 15) is 0 Å². The third-order valence-electron chi connectivity index (χ3n) is 5.23. The number of aliphatic hydroxyl groups is 2. The molecule has 2 N–H and O–H groups in total. The molecule has 1 spiro atoms. The van der Waals surface area contributed by atoms with Gasteiger partial charge in [-0.3, -0.25) is 4.90 Å². The van der Waals surface area contributed by atoms with Gasteiger partial charge >= 0.3 is 0 Å². The number of rotatable bonds is 6. The largest absolute Gasteiger partial charge is 0.516 e. The lowest BCUT2D eigenvalue weighted by atomic mass is 9.71. The fraction of sp³-hybridized carbons (Fsp3) is 0.889. The average molecular weight is 327 g/mol. The molecule has 0 bridgehead atoms. The maximum absolute atomic E-state index is 9.16. The van der Waals surface area contributed by atoms with Crippen LogP contribution < -0.4 is 0 Å². The Hall–Kier alpha value is -0.620. The highest BCUT2D eigenvalue weighted by Gasteiger charge is 2.46. The zero-order valence-corrected chi connectivity index (χ0v) is 14.8. The topological polar surface area (TPSA) is 62.2 Å². The van der Waals surface area contributed by atoms with Gasteiger partial charge < -0.3 is 19.7 Å². The van der Waals surface area contributed by atoms with E-state index in [1.807, 2.05) is 0 Å². The van der Waals surface area contributed by atoms with Crippen LogP contribution in [0.15, 0.2) is 12.3 Å². The molecule has 0 amide bonds. The molecule has 0 aromatic carbocycles. The molecule has 2 rings (SSSR count). The first-order valence-electron chi connectivity index (χ1n) is 8.83. The van der Waals surface area contributed by atoms with Gasteiger partial charge in [-0.25, -0.2) is 0 Å². The molecular weight excluding hydrogens is 294 g/mol. The van der Waals surface area contributed by atoms with E-state index in [1.165, 1.54) is 0 Å². The summed E-state index contributed by atoms with van der Waals surface area (Å²) in [6, 6.07) is 0. The molecule has 1 unspecified atom stereocenters. The molecule has 5 heteroatoms. The molecule has 0 aromatic heterocycles. The third-order valence-corrected chi connectivity index (χ3v) is 5.23. The highest BCUT2D eigenvalue weighted by atomic mass is 16.7. The summed E-state index contributed by atoms with van der Waals surface area (Å²) in [5, 5.41) is 18.0. The molecule has 1 saturated carbocycles. The van der Waals surface area contributed by atoms with Crippen molar-refractivity contribution in [2.45, 2.75) is 58.3 Å². The Morgan fingerprint density at radius 3 is 2.52 bits per heavy atom. The van der Waals surface area contributed by atoms with Crippen molar-refractivity contribution in [1.82, 2.24) is 4.90 Å². The molecular formula is C18H33NO4. The van der Waals surface area contributed by atoms with E-state index in [2.05, 4.69) is 25.7 Å². The van der Waals surface area contributed by atoms with Gasteiger partial charge in [0.2, 0.25) is 0 Å². The van der Waals surface area contributed by atoms with E-state index in [4.69, 9.17) is 19.7 Å². The van der Waals surface area contributed by atoms with E-state index in [1.54, 1.807) is 6.08 Å². The second-order valence-corrected chi connectivity index (χ2v) is 7.97. The Balaban J connectivity index is 1.83. The third kappa shape index (κ3) is 5.18. The van der Waals surface area contributed by atoms with Crippen LogP contribution in [0.25, 0.3) is 0 Å².